The fourth-order valence-corrected chi connectivity index (χ4v) is 4.06. The van der Waals surface area contributed by atoms with Crippen LogP contribution in [0.25, 0.3) is 0 Å². The Morgan fingerprint density at radius 1 is 1.05 bits per heavy atom. The van der Waals surface area contributed by atoms with Crippen molar-refractivity contribution >= 4 is 13.3 Å². The van der Waals surface area contributed by atoms with E-state index >= 15 is 0 Å². The third kappa shape index (κ3) is 4.72. The van der Waals surface area contributed by atoms with Crippen LogP contribution in [0.5, 0.6) is 0 Å². The number of aliphatic hydroxyl groups is 1. The highest BCUT2D eigenvalue weighted by Gasteiger charge is 2.19. The second kappa shape index (κ2) is 6.88. The Kier molecular flexibility index (Phi) is 5.41. The quantitative estimate of drug-likeness (QED) is 0.818. The summed E-state index contributed by atoms with van der Waals surface area (Å²) in [6.45, 7) is 9.21. The average molecular weight is 292 g/mol. The van der Waals surface area contributed by atoms with E-state index < -0.39 is 8.07 Å². The molecule has 3 heteroatoms. The molecule has 0 radical (unpaired) electrons. The molecule has 1 aliphatic carbocycles. The van der Waals surface area contributed by atoms with E-state index in [0.717, 1.165) is 31.8 Å². The van der Waals surface area contributed by atoms with E-state index in [4.69, 9.17) is 0 Å². The summed E-state index contributed by atoms with van der Waals surface area (Å²) >= 11 is 0. The van der Waals surface area contributed by atoms with Gasteiger partial charge >= 0.3 is 0 Å². The zero-order valence-corrected chi connectivity index (χ0v) is 14.2. The summed E-state index contributed by atoms with van der Waals surface area (Å²) in [7, 11) is -1.16. The van der Waals surface area contributed by atoms with Crippen LogP contribution in [0.4, 0.5) is 0 Å². The molecule has 1 aliphatic rings. The second-order valence-electron chi connectivity index (χ2n) is 7.25. The van der Waals surface area contributed by atoms with Gasteiger partial charge in [0.1, 0.15) is 0 Å². The molecule has 1 aromatic carbocycles. The molecule has 0 atom stereocenters. The van der Waals surface area contributed by atoms with Gasteiger partial charge in [0, 0.05) is 6.54 Å². The summed E-state index contributed by atoms with van der Waals surface area (Å²) in [5.74, 6) is 0.750. The predicted molar refractivity (Wildman–Crippen MR) is 89.1 cm³/mol. The van der Waals surface area contributed by atoms with Gasteiger partial charge in [0.05, 0.1) is 14.2 Å². The van der Waals surface area contributed by atoms with E-state index in [1.807, 2.05) is 0 Å². The first-order valence-corrected chi connectivity index (χ1v) is 11.4. The summed E-state index contributed by atoms with van der Waals surface area (Å²) in [6, 6.07) is 9.15. The molecule has 1 saturated carbocycles. The maximum atomic E-state index is 9.50. The van der Waals surface area contributed by atoms with Crippen molar-refractivity contribution in [3.8, 4) is 0 Å². The zero-order chi connectivity index (χ0) is 14.6. The molecule has 1 fully saturated rings. The lowest BCUT2D eigenvalue weighted by molar-refractivity contribution is 0.108. The molecule has 0 heterocycles. The number of hydrogen-bond acceptors (Lipinski definition) is 2. The van der Waals surface area contributed by atoms with Gasteiger partial charge < -0.3 is 10.4 Å². The van der Waals surface area contributed by atoms with Crippen LogP contribution in [0, 0.1) is 5.92 Å². The van der Waals surface area contributed by atoms with Crippen molar-refractivity contribution in [2.45, 2.75) is 58.0 Å². The Balaban J connectivity index is 1.74. The van der Waals surface area contributed by atoms with E-state index in [1.165, 1.54) is 23.6 Å². The van der Waals surface area contributed by atoms with E-state index in [-0.39, 0.29) is 6.10 Å². The third-order valence-electron chi connectivity index (χ3n) is 4.40. The molecule has 2 N–H and O–H groups in total. The molecule has 0 spiro atoms. The van der Waals surface area contributed by atoms with E-state index in [1.54, 1.807) is 0 Å². The van der Waals surface area contributed by atoms with E-state index in [0.29, 0.717) is 0 Å². The Bertz CT molecular complexity index is 402. The van der Waals surface area contributed by atoms with E-state index in [9.17, 15) is 5.11 Å². The number of aliphatic hydroxyl groups excluding tert-OH is 1. The van der Waals surface area contributed by atoms with Crippen LogP contribution in [-0.2, 0) is 6.54 Å². The summed E-state index contributed by atoms with van der Waals surface area (Å²) in [4.78, 5) is 0. The van der Waals surface area contributed by atoms with Crippen molar-refractivity contribution in [3.63, 3.8) is 0 Å². The molecule has 2 rings (SSSR count). The monoisotopic (exact) mass is 291 g/mol. The smallest absolute Gasteiger partial charge is 0.0775 e. The standard InChI is InChI=1S/C17H29NOSi/c1-20(2,3)17-10-6-15(7-11-17)13-18-12-14-4-8-16(19)9-5-14/h6-7,10-11,14,16,18-19H,4-5,8-9,12-13H2,1-3H3. The topological polar surface area (TPSA) is 32.3 Å². The molecular weight excluding hydrogens is 262 g/mol. The zero-order valence-electron chi connectivity index (χ0n) is 13.2. The minimum absolute atomic E-state index is 0.0413. The first-order valence-electron chi connectivity index (χ1n) is 7.93. The molecule has 0 bridgehead atoms. The Labute approximate surface area is 124 Å². The number of hydrogen-bond donors (Lipinski definition) is 2. The van der Waals surface area contributed by atoms with Gasteiger partial charge in [-0.05, 0) is 43.7 Å². The summed E-state index contributed by atoms with van der Waals surface area (Å²) in [5, 5.41) is 14.6. The highest BCUT2D eigenvalue weighted by atomic mass is 28.3. The van der Waals surface area contributed by atoms with Gasteiger partial charge in [-0.1, -0.05) is 49.1 Å². The highest BCUT2D eigenvalue weighted by Crippen LogP contribution is 2.23. The van der Waals surface area contributed by atoms with Gasteiger partial charge in [-0.25, -0.2) is 0 Å². The SMILES string of the molecule is C[Si](C)(C)c1ccc(CNCC2CCC(O)CC2)cc1. The van der Waals surface area contributed by atoms with Gasteiger partial charge in [-0.15, -0.1) is 0 Å². The Morgan fingerprint density at radius 2 is 1.65 bits per heavy atom. The number of benzene rings is 1. The van der Waals surface area contributed by atoms with Gasteiger partial charge in [0.2, 0.25) is 0 Å². The van der Waals surface area contributed by atoms with Crippen molar-refractivity contribution in [1.29, 1.82) is 0 Å². The fourth-order valence-electron chi connectivity index (χ4n) is 2.89. The molecule has 2 nitrogen and oxygen atoms in total. The van der Waals surface area contributed by atoms with Crippen LogP contribution >= 0.6 is 0 Å². The van der Waals surface area contributed by atoms with Gasteiger partial charge in [0.25, 0.3) is 0 Å². The van der Waals surface area contributed by atoms with Crippen LogP contribution in [0.15, 0.2) is 24.3 Å². The first kappa shape index (κ1) is 15.7. The van der Waals surface area contributed by atoms with Crippen LogP contribution < -0.4 is 10.5 Å². The minimum atomic E-state index is -1.16. The molecule has 20 heavy (non-hydrogen) atoms. The largest absolute Gasteiger partial charge is 0.393 e. The minimum Gasteiger partial charge on any atom is -0.393 e. The van der Waals surface area contributed by atoms with Crippen LogP contribution in [0.1, 0.15) is 31.2 Å². The lowest BCUT2D eigenvalue weighted by Crippen LogP contribution is -2.37. The van der Waals surface area contributed by atoms with Crippen LogP contribution in [-0.4, -0.2) is 25.8 Å². The molecule has 0 aliphatic heterocycles. The van der Waals surface area contributed by atoms with Crippen molar-refractivity contribution in [3.05, 3.63) is 29.8 Å². The first-order chi connectivity index (χ1) is 9.45. The summed E-state index contributed by atoms with van der Waals surface area (Å²) in [6.07, 6.45) is 4.26. The van der Waals surface area contributed by atoms with Crippen LogP contribution in [0.2, 0.25) is 19.6 Å². The lowest BCUT2D eigenvalue weighted by atomic mass is 9.87. The molecule has 1 aromatic rings. The summed E-state index contributed by atoms with van der Waals surface area (Å²) < 4.78 is 0. The molecular formula is C17H29NOSi. The van der Waals surface area contributed by atoms with Crippen molar-refractivity contribution < 1.29 is 5.11 Å². The predicted octanol–water partition coefficient (Wildman–Crippen LogP) is 2.87. The molecule has 112 valence electrons. The normalized spacial score (nSPS) is 23.8. The van der Waals surface area contributed by atoms with Crippen LogP contribution in [0.3, 0.4) is 0 Å². The summed E-state index contributed by atoms with van der Waals surface area (Å²) in [5.41, 5.74) is 1.38. The molecule has 0 unspecified atom stereocenters. The second-order valence-corrected chi connectivity index (χ2v) is 12.3. The number of rotatable bonds is 5. The molecule has 0 saturated heterocycles. The lowest BCUT2D eigenvalue weighted by Gasteiger charge is -2.25. The maximum Gasteiger partial charge on any atom is 0.0775 e. The Hall–Kier alpha value is -0.643. The fraction of sp³-hybridized carbons (Fsp3) is 0.647. The third-order valence-corrected chi connectivity index (χ3v) is 6.46. The van der Waals surface area contributed by atoms with Gasteiger partial charge in [0.15, 0.2) is 0 Å². The van der Waals surface area contributed by atoms with Crippen molar-refractivity contribution in [2.75, 3.05) is 6.54 Å². The Morgan fingerprint density at radius 3 is 2.20 bits per heavy atom. The number of nitrogens with one attached hydrogen (secondary N) is 1. The van der Waals surface area contributed by atoms with Crippen molar-refractivity contribution in [2.24, 2.45) is 5.92 Å². The molecule has 0 amide bonds. The maximum absolute atomic E-state index is 9.50. The average Bonchev–Trinajstić information content (AvgIpc) is 2.41. The highest BCUT2D eigenvalue weighted by molar-refractivity contribution is 6.88. The van der Waals surface area contributed by atoms with Gasteiger partial charge in [-0.3, -0.25) is 0 Å². The van der Waals surface area contributed by atoms with Gasteiger partial charge in [-0.2, -0.15) is 0 Å². The molecule has 0 aromatic heterocycles. The van der Waals surface area contributed by atoms with E-state index in [2.05, 4.69) is 49.2 Å². The van der Waals surface area contributed by atoms with Crippen molar-refractivity contribution in [1.82, 2.24) is 5.32 Å².